The zero-order chi connectivity index (χ0) is 14.4. The van der Waals surface area contributed by atoms with Crippen molar-refractivity contribution in [2.45, 2.75) is 32.4 Å². The van der Waals surface area contributed by atoms with Crippen molar-refractivity contribution in [3.05, 3.63) is 0 Å². The Morgan fingerprint density at radius 3 is 2.47 bits per heavy atom. The monoisotopic (exact) mass is 269 g/mol. The molecule has 19 heavy (non-hydrogen) atoms. The number of amides is 4. The lowest BCUT2D eigenvalue weighted by Gasteiger charge is -2.36. The number of nitrogens with zero attached hydrogens (tertiary/aromatic N) is 3. The second-order valence-electron chi connectivity index (χ2n) is 5.82. The molecule has 0 radical (unpaired) electrons. The summed E-state index contributed by atoms with van der Waals surface area (Å²) < 4.78 is 5.27. The Labute approximate surface area is 112 Å². The summed E-state index contributed by atoms with van der Waals surface area (Å²) >= 11 is 0. The molecule has 0 bridgehead atoms. The molecule has 106 valence electrons. The van der Waals surface area contributed by atoms with E-state index in [9.17, 15) is 14.4 Å². The van der Waals surface area contributed by atoms with Gasteiger partial charge < -0.3 is 14.5 Å². The molecular weight excluding hydrogens is 250 g/mol. The van der Waals surface area contributed by atoms with Gasteiger partial charge in [-0.25, -0.2) is 9.59 Å². The summed E-state index contributed by atoms with van der Waals surface area (Å²) in [4.78, 5) is 39.7. The van der Waals surface area contributed by atoms with Crippen LogP contribution >= 0.6 is 0 Å². The number of hydrogen-bond donors (Lipinski definition) is 0. The molecule has 2 fully saturated rings. The third-order valence-corrected chi connectivity index (χ3v) is 3.18. The van der Waals surface area contributed by atoms with Crippen LogP contribution in [0.1, 0.15) is 20.8 Å². The molecule has 0 aromatic rings. The van der Waals surface area contributed by atoms with Crippen molar-refractivity contribution in [3.63, 3.8) is 0 Å². The second-order valence-corrected chi connectivity index (χ2v) is 5.82. The summed E-state index contributed by atoms with van der Waals surface area (Å²) in [7, 11) is 1.46. The van der Waals surface area contributed by atoms with Crippen LogP contribution in [0.5, 0.6) is 0 Å². The molecule has 7 nitrogen and oxygen atoms in total. The largest absolute Gasteiger partial charge is 0.444 e. The lowest BCUT2D eigenvalue weighted by molar-refractivity contribution is -0.128. The highest BCUT2D eigenvalue weighted by Gasteiger charge is 2.47. The van der Waals surface area contributed by atoms with Gasteiger partial charge in [-0.3, -0.25) is 9.69 Å². The van der Waals surface area contributed by atoms with E-state index < -0.39 is 17.7 Å². The smallest absolute Gasteiger partial charge is 0.410 e. The Kier molecular flexibility index (Phi) is 3.15. The normalized spacial score (nSPS) is 23.8. The number of piperazine rings is 1. The van der Waals surface area contributed by atoms with Crippen molar-refractivity contribution in [3.8, 4) is 0 Å². The molecule has 0 spiro atoms. The summed E-state index contributed by atoms with van der Waals surface area (Å²) in [5, 5.41) is 0. The zero-order valence-electron chi connectivity index (χ0n) is 11.7. The molecule has 2 aliphatic rings. The Bertz CT molecular complexity index is 429. The van der Waals surface area contributed by atoms with E-state index in [2.05, 4.69) is 0 Å². The number of fused-ring (bicyclic) bond motifs is 1. The van der Waals surface area contributed by atoms with E-state index in [0.29, 0.717) is 13.1 Å². The van der Waals surface area contributed by atoms with Crippen LogP contribution in [0.2, 0.25) is 0 Å². The van der Waals surface area contributed by atoms with E-state index >= 15 is 0 Å². The minimum atomic E-state index is -0.571. The number of urea groups is 1. The molecule has 2 heterocycles. The number of carbonyl (C=O) groups excluding carboxylic acids is 3. The van der Waals surface area contributed by atoms with Crippen LogP contribution in [-0.4, -0.2) is 71.1 Å². The second kappa shape index (κ2) is 4.40. The highest BCUT2D eigenvalue weighted by Crippen LogP contribution is 2.22. The highest BCUT2D eigenvalue weighted by molar-refractivity contribution is 6.04. The first-order valence-corrected chi connectivity index (χ1v) is 6.27. The third-order valence-electron chi connectivity index (χ3n) is 3.18. The maximum atomic E-state index is 11.9. The van der Waals surface area contributed by atoms with Crippen molar-refractivity contribution in [2.75, 3.05) is 26.7 Å². The average Bonchev–Trinajstić information content (AvgIpc) is 2.52. The summed E-state index contributed by atoms with van der Waals surface area (Å²) in [6.45, 7) is 6.32. The molecule has 0 aromatic heterocycles. The number of imide groups is 1. The molecule has 1 atom stereocenters. The van der Waals surface area contributed by atoms with E-state index in [0.717, 1.165) is 4.90 Å². The minimum Gasteiger partial charge on any atom is -0.444 e. The first-order valence-electron chi connectivity index (χ1n) is 6.27. The van der Waals surface area contributed by atoms with Gasteiger partial charge in [0.1, 0.15) is 11.6 Å². The van der Waals surface area contributed by atoms with Gasteiger partial charge in [-0.05, 0) is 20.8 Å². The number of ether oxygens (including phenoxy) is 1. The molecule has 0 aromatic carbocycles. The van der Waals surface area contributed by atoms with E-state index in [4.69, 9.17) is 4.74 Å². The number of hydrogen-bond acceptors (Lipinski definition) is 4. The SMILES string of the molecule is CN1C(=O)C2CN(C(=O)OC(C)(C)C)CCN2C1=O. The average molecular weight is 269 g/mol. The van der Waals surface area contributed by atoms with Gasteiger partial charge in [-0.1, -0.05) is 0 Å². The fourth-order valence-corrected chi connectivity index (χ4v) is 2.23. The maximum Gasteiger partial charge on any atom is 0.410 e. The molecule has 4 amide bonds. The van der Waals surface area contributed by atoms with Crippen LogP contribution in [0, 0.1) is 0 Å². The van der Waals surface area contributed by atoms with Crippen LogP contribution in [0.4, 0.5) is 9.59 Å². The van der Waals surface area contributed by atoms with Gasteiger partial charge >= 0.3 is 12.1 Å². The van der Waals surface area contributed by atoms with Crippen molar-refractivity contribution >= 4 is 18.0 Å². The Morgan fingerprint density at radius 2 is 1.89 bits per heavy atom. The Hall–Kier alpha value is -1.79. The zero-order valence-corrected chi connectivity index (χ0v) is 11.7. The van der Waals surface area contributed by atoms with Crippen molar-refractivity contribution in [1.82, 2.24) is 14.7 Å². The first-order chi connectivity index (χ1) is 8.70. The van der Waals surface area contributed by atoms with Gasteiger partial charge in [0.2, 0.25) is 0 Å². The Morgan fingerprint density at radius 1 is 1.26 bits per heavy atom. The van der Waals surface area contributed by atoms with Crippen LogP contribution in [0.3, 0.4) is 0 Å². The van der Waals surface area contributed by atoms with Crippen LogP contribution < -0.4 is 0 Å². The van der Waals surface area contributed by atoms with E-state index in [-0.39, 0.29) is 18.5 Å². The molecule has 0 N–H and O–H groups in total. The van der Waals surface area contributed by atoms with Gasteiger partial charge in [-0.2, -0.15) is 0 Å². The topological polar surface area (TPSA) is 70.2 Å². The van der Waals surface area contributed by atoms with Crippen molar-refractivity contribution in [2.24, 2.45) is 0 Å². The summed E-state index contributed by atoms with van der Waals surface area (Å²) in [6, 6.07) is -0.863. The molecule has 2 rings (SSSR count). The molecule has 0 aliphatic carbocycles. The number of rotatable bonds is 0. The van der Waals surface area contributed by atoms with Crippen molar-refractivity contribution in [1.29, 1.82) is 0 Å². The van der Waals surface area contributed by atoms with Gasteiger partial charge in [0.05, 0.1) is 6.54 Å². The summed E-state index contributed by atoms with van der Waals surface area (Å²) in [6.07, 6.45) is -0.443. The van der Waals surface area contributed by atoms with Gasteiger partial charge in [0, 0.05) is 20.1 Å². The van der Waals surface area contributed by atoms with Crippen molar-refractivity contribution < 1.29 is 19.1 Å². The van der Waals surface area contributed by atoms with Gasteiger partial charge in [0.15, 0.2) is 0 Å². The number of likely N-dealkylation sites (N-methyl/N-ethyl adjacent to an activating group) is 1. The molecule has 2 aliphatic heterocycles. The third kappa shape index (κ3) is 2.50. The molecule has 7 heteroatoms. The predicted molar refractivity (Wildman–Crippen MR) is 66.5 cm³/mol. The Balaban J connectivity index is 2.05. The fourth-order valence-electron chi connectivity index (χ4n) is 2.23. The molecule has 1 unspecified atom stereocenters. The van der Waals surface area contributed by atoms with Crippen LogP contribution in [0.15, 0.2) is 0 Å². The van der Waals surface area contributed by atoms with E-state index in [1.165, 1.54) is 16.8 Å². The molecular formula is C12H19N3O4. The minimum absolute atomic E-state index is 0.198. The highest BCUT2D eigenvalue weighted by atomic mass is 16.6. The fraction of sp³-hybridized carbons (Fsp3) is 0.750. The lowest BCUT2D eigenvalue weighted by atomic mass is 10.2. The standard InChI is InChI=1S/C12H19N3O4/c1-12(2,3)19-11(18)14-5-6-15-8(7-14)9(16)13(4)10(15)17/h8H,5-7H2,1-4H3. The molecule has 0 saturated carbocycles. The summed E-state index contributed by atoms with van der Waals surface area (Å²) in [5.41, 5.74) is -0.569. The van der Waals surface area contributed by atoms with E-state index in [1.807, 2.05) is 0 Å². The van der Waals surface area contributed by atoms with Crippen LogP contribution in [-0.2, 0) is 9.53 Å². The predicted octanol–water partition coefficient (Wildman–Crippen LogP) is 0.500. The summed E-state index contributed by atoms with van der Waals surface area (Å²) in [5.74, 6) is -0.266. The quantitative estimate of drug-likeness (QED) is 0.600. The molecule has 2 saturated heterocycles. The van der Waals surface area contributed by atoms with Gasteiger partial charge in [0.25, 0.3) is 5.91 Å². The first kappa shape index (κ1) is 13.6. The number of carbonyl (C=O) groups is 3. The maximum absolute atomic E-state index is 11.9. The van der Waals surface area contributed by atoms with Crippen LogP contribution in [0.25, 0.3) is 0 Å². The lowest BCUT2D eigenvalue weighted by Crippen LogP contribution is -2.55. The van der Waals surface area contributed by atoms with Gasteiger partial charge in [-0.15, -0.1) is 0 Å². The van der Waals surface area contributed by atoms with E-state index in [1.54, 1.807) is 20.8 Å².